The topological polar surface area (TPSA) is 58.6 Å². The van der Waals surface area contributed by atoms with E-state index >= 15 is 0 Å². The standard InChI is InChI=1S/C18H19ClFNO3/c19-11-17(22)16(10-13-6-8-15(20)9-7-13)21-18(23)24-12-14-4-2-1-3-5-14/h1-9,16-17,22H,10-12H2,(H,21,23)/t16-,17+/m0/s1. The van der Waals surface area contributed by atoms with Gasteiger partial charge in [0.2, 0.25) is 0 Å². The molecule has 1 amide bonds. The molecule has 2 aromatic carbocycles. The minimum atomic E-state index is -0.944. The van der Waals surface area contributed by atoms with Crippen molar-refractivity contribution in [2.75, 3.05) is 5.88 Å². The van der Waals surface area contributed by atoms with Crippen LogP contribution in [0.2, 0.25) is 0 Å². The highest BCUT2D eigenvalue weighted by atomic mass is 35.5. The number of alkyl carbamates (subject to hydrolysis) is 1. The number of nitrogens with one attached hydrogen (secondary N) is 1. The number of benzene rings is 2. The summed E-state index contributed by atoms with van der Waals surface area (Å²) < 4.78 is 18.1. The Morgan fingerprint density at radius 2 is 1.79 bits per heavy atom. The number of aliphatic hydroxyl groups excluding tert-OH is 1. The molecular weight excluding hydrogens is 333 g/mol. The van der Waals surface area contributed by atoms with Gasteiger partial charge in [0.15, 0.2) is 0 Å². The highest BCUT2D eigenvalue weighted by molar-refractivity contribution is 6.18. The van der Waals surface area contributed by atoms with Gasteiger partial charge in [0.25, 0.3) is 0 Å². The lowest BCUT2D eigenvalue weighted by Gasteiger charge is -2.22. The second kappa shape index (κ2) is 9.25. The third-order valence-corrected chi connectivity index (χ3v) is 3.82. The van der Waals surface area contributed by atoms with Gasteiger partial charge in [-0.3, -0.25) is 0 Å². The molecule has 0 fully saturated rings. The van der Waals surface area contributed by atoms with Crippen LogP contribution in [0.25, 0.3) is 0 Å². The van der Waals surface area contributed by atoms with E-state index < -0.39 is 18.2 Å². The Bertz CT molecular complexity index is 636. The molecule has 0 bridgehead atoms. The zero-order valence-electron chi connectivity index (χ0n) is 13.0. The van der Waals surface area contributed by atoms with Gasteiger partial charge in [-0.2, -0.15) is 0 Å². The van der Waals surface area contributed by atoms with Crippen LogP contribution in [0, 0.1) is 5.82 Å². The molecule has 0 aliphatic carbocycles. The van der Waals surface area contributed by atoms with Crippen molar-refractivity contribution in [2.45, 2.75) is 25.2 Å². The molecule has 0 aromatic heterocycles. The van der Waals surface area contributed by atoms with Crippen molar-refractivity contribution in [3.05, 3.63) is 71.5 Å². The predicted molar refractivity (Wildman–Crippen MR) is 90.4 cm³/mol. The zero-order chi connectivity index (χ0) is 17.4. The number of alkyl halides is 1. The molecular formula is C18H19ClFNO3. The number of carbonyl (C=O) groups is 1. The van der Waals surface area contributed by atoms with Gasteiger partial charge in [-0.05, 0) is 29.7 Å². The highest BCUT2D eigenvalue weighted by Gasteiger charge is 2.22. The third-order valence-electron chi connectivity index (χ3n) is 3.51. The maximum atomic E-state index is 13.0. The number of halogens is 2. The summed E-state index contributed by atoms with van der Waals surface area (Å²) in [5.41, 5.74) is 1.63. The molecule has 0 aliphatic rings. The summed E-state index contributed by atoms with van der Waals surface area (Å²) in [7, 11) is 0. The van der Waals surface area contributed by atoms with Crippen LogP contribution in [0.3, 0.4) is 0 Å². The van der Waals surface area contributed by atoms with Crippen LogP contribution in [0.1, 0.15) is 11.1 Å². The molecule has 4 nitrogen and oxygen atoms in total. The van der Waals surface area contributed by atoms with Crippen molar-refractivity contribution in [3.8, 4) is 0 Å². The number of hydrogen-bond donors (Lipinski definition) is 2. The lowest BCUT2D eigenvalue weighted by Crippen LogP contribution is -2.45. The molecule has 2 N–H and O–H groups in total. The van der Waals surface area contributed by atoms with E-state index in [9.17, 15) is 14.3 Å². The van der Waals surface area contributed by atoms with E-state index in [1.807, 2.05) is 30.3 Å². The first kappa shape index (κ1) is 18.2. The minimum absolute atomic E-state index is 0.0369. The smallest absolute Gasteiger partial charge is 0.407 e. The summed E-state index contributed by atoms with van der Waals surface area (Å²) in [5.74, 6) is -0.381. The monoisotopic (exact) mass is 351 g/mol. The molecule has 2 rings (SSSR count). The molecule has 0 spiro atoms. The Kier molecular flexibility index (Phi) is 7.03. The van der Waals surface area contributed by atoms with E-state index in [2.05, 4.69) is 5.32 Å². The van der Waals surface area contributed by atoms with Crippen molar-refractivity contribution in [3.63, 3.8) is 0 Å². The predicted octanol–water partition coefficient (Wildman–Crippen LogP) is 3.26. The molecule has 6 heteroatoms. The Labute approximate surface area is 145 Å². The average Bonchev–Trinajstić information content (AvgIpc) is 2.61. The van der Waals surface area contributed by atoms with Gasteiger partial charge in [0.05, 0.1) is 18.0 Å². The molecule has 0 heterocycles. The van der Waals surface area contributed by atoms with Crippen molar-refractivity contribution in [1.82, 2.24) is 5.32 Å². The molecule has 0 radical (unpaired) electrons. The number of ether oxygens (including phenoxy) is 1. The molecule has 24 heavy (non-hydrogen) atoms. The van der Waals surface area contributed by atoms with Crippen LogP contribution in [-0.4, -0.2) is 29.2 Å². The second-order valence-corrected chi connectivity index (χ2v) is 5.67. The molecule has 0 aliphatic heterocycles. The van der Waals surface area contributed by atoms with E-state index in [4.69, 9.17) is 16.3 Å². The fourth-order valence-corrected chi connectivity index (χ4v) is 2.40. The van der Waals surface area contributed by atoms with Crippen LogP contribution in [0.4, 0.5) is 9.18 Å². The minimum Gasteiger partial charge on any atom is -0.445 e. The summed E-state index contributed by atoms with van der Waals surface area (Å²) in [4.78, 5) is 11.9. The molecule has 0 saturated carbocycles. The Morgan fingerprint density at radius 1 is 1.12 bits per heavy atom. The van der Waals surface area contributed by atoms with Crippen LogP contribution in [0.15, 0.2) is 54.6 Å². The third kappa shape index (κ3) is 5.83. The van der Waals surface area contributed by atoms with E-state index in [0.29, 0.717) is 6.42 Å². The molecule has 0 saturated heterocycles. The molecule has 2 atom stereocenters. The van der Waals surface area contributed by atoms with Crippen molar-refractivity contribution < 1.29 is 19.0 Å². The van der Waals surface area contributed by atoms with E-state index in [1.54, 1.807) is 12.1 Å². The van der Waals surface area contributed by atoms with Gasteiger partial charge < -0.3 is 15.2 Å². The summed E-state index contributed by atoms with van der Waals surface area (Å²) in [6, 6.07) is 14.5. The van der Waals surface area contributed by atoms with Gasteiger partial charge >= 0.3 is 6.09 Å². The second-order valence-electron chi connectivity index (χ2n) is 5.36. The number of rotatable bonds is 7. The van der Waals surface area contributed by atoms with Crippen LogP contribution < -0.4 is 5.32 Å². The van der Waals surface area contributed by atoms with Crippen molar-refractivity contribution >= 4 is 17.7 Å². The Morgan fingerprint density at radius 3 is 2.42 bits per heavy atom. The van der Waals surface area contributed by atoms with Crippen LogP contribution in [-0.2, 0) is 17.8 Å². The molecule has 128 valence electrons. The van der Waals surface area contributed by atoms with E-state index in [-0.39, 0.29) is 18.3 Å². The lowest BCUT2D eigenvalue weighted by molar-refractivity contribution is 0.110. The van der Waals surface area contributed by atoms with Gasteiger partial charge in [-0.15, -0.1) is 11.6 Å². The Hall–Kier alpha value is -2.11. The average molecular weight is 352 g/mol. The number of carbonyl (C=O) groups excluding carboxylic acids is 1. The first-order chi connectivity index (χ1) is 11.6. The van der Waals surface area contributed by atoms with Crippen molar-refractivity contribution in [1.29, 1.82) is 0 Å². The maximum absolute atomic E-state index is 13.0. The maximum Gasteiger partial charge on any atom is 0.407 e. The zero-order valence-corrected chi connectivity index (χ0v) is 13.7. The van der Waals surface area contributed by atoms with Gasteiger partial charge in [0.1, 0.15) is 12.4 Å². The summed E-state index contributed by atoms with van der Waals surface area (Å²) >= 11 is 5.69. The first-order valence-corrected chi connectivity index (χ1v) is 8.07. The van der Waals surface area contributed by atoms with E-state index in [0.717, 1.165) is 11.1 Å². The van der Waals surface area contributed by atoms with Gasteiger partial charge in [-0.1, -0.05) is 42.5 Å². The quantitative estimate of drug-likeness (QED) is 0.753. The fraction of sp³-hybridized carbons (Fsp3) is 0.278. The normalized spacial score (nSPS) is 13.1. The fourth-order valence-electron chi connectivity index (χ4n) is 2.18. The Balaban J connectivity index is 1.92. The first-order valence-electron chi connectivity index (χ1n) is 7.54. The van der Waals surface area contributed by atoms with Crippen LogP contribution >= 0.6 is 11.6 Å². The van der Waals surface area contributed by atoms with Gasteiger partial charge in [0, 0.05) is 0 Å². The summed E-state index contributed by atoms with van der Waals surface area (Å²) in [6.07, 6.45) is -1.27. The van der Waals surface area contributed by atoms with E-state index in [1.165, 1.54) is 12.1 Å². The van der Waals surface area contributed by atoms with Crippen molar-refractivity contribution in [2.24, 2.45) is 0 Å². The summed E-state index contributed by atoms with van der Waals surface area (Å²) in [5, 5.41) is 12.6. The summed E-state index contributed by atoms with van der Waals surface area (Å²) in [6.45, 7) is 0.132. The largest absolute Gasteiger partial charge is 0.445 e. The number of amides is 1. The van der Waals surface area contributed by atoms with Crippen LogP contribution in [0.5, 0.6) is 0 Å². The van der Waals surface area contributed by atoms with Gasteiger partial charge in [-0.25, -0.2) is 9.18 Å². The number of aliphatic hydroxyl groups is 1. The molecule has 0 unspecified atom stereocenters. The highest BCUT2D eigenvalue weighted by Crippen LogP contribution is 2.10. The lowest BCUT2D eigenvalue weighted by atomic mass is 10.0. The number of hydrogen-bond acceptors (Lipinski definition) is 3. The SMILES string of the molecule is O=C(N[C@@H](Cc1ccc(F)cc1)[C@H](O)CCl)OCc1ccccc1. The molecule has 2 aromatic rings.